The van der Waals surface area contributed by atoms with E-state index in [0.29, 0.717) is 6.04 Å². The minimum absolute atomic E-state index is 0.640. The molecule has 15 heavy (non-hydrogen) atoms. The van der Waals surface area contributed by atoms with E-state index in [1.54, 1.807) is 0 Å². The summed E-state index contributed by atoms with van der Waals surface area (Å²) in [6.07, 6.45) is 8.96. The summed E-state index contributed by atoms with van der Waals surface area (Å²) in [5.74, 6) is 0.894. The quantitative estimate of drug-likeness (QED) is 0.799. The van der Waals surface area contributed by atoms with Crippen LogP contribution in [0.15, 0.2) is 18.2 Å². The minimum Gasteiger partial charge on any atom is -0.366 e. The fourth-order valence-electron chi connectivity index (χ4n) is 1.32. The van der Waals surface area contributed by atoms with E-state index >= 15 is 0 Å². The first-order valence-corrected chi connectivity index (χ1v) is 5.65. The second-order valence-electron chi connectivity index (χ2n) is 3.95. The summed E-state index contributed by atoms with van der Waals surface area (Å²) in [6.45, 7) is 2.17. The number of hydrogen-bond donors (Lipinski definition) is 1. The molecule has 1 fully saturated rings. The average molecular weight is 203 g/mol. The Balaban J connectivity index is 1.90. The molecule has 2 rings (SSSR count). The second kappa shape index (κ2) is 4.91. The maximum atomic E-state index is 4.13. The van der Waals surface area contributed by atoms with Crippen LogP contribution < -0.4 is 5.32 Å². The molecule has 1 heterocycles. The highest BCUT2D eigenvalue weighted by Gasteiger charge is 2.21. The van der Waals surface area contributed by atoms with Crippen molar-refractivity contribution in [2.45, 2.75) is 38.6 Å². The van der Waals surface area contributed by atoms with Gasteiger partial charge in [0.2, 0.25) is 0 Å². The van der Waals surface area contributed by atoms with Crippen molar-refractivity contribution in [3.8, 4) is 0 Å². The van der Waals surface area contributed by atoms with Gasteiger partial charge in [0.15, 0.2) is 0 Å². The fourth-order valence-corrected chi connectivity index (χ4v) is 1.32. The summed E-state index contributed by atoms with van der Waals surface area (Å²) in [6, 6.07) is 4.64. The van der Waals surface area contributed by atoms with Gasteiger partial charge in [-0.25, -0.2) is 0 Å². The van der Waals surface area contributed by atoms with Crippen LogP contribution in [0, 0.1) is 0 Å². The van der Waals surface area contributed by atoms with Crippen LogP contribution >= 0.6 is 0 Å². The standard InChI is InChI=1S/C12H17N3/c1-2-3-4-5-11-8-9-12(15-14-11)13-10-6-7-10/h4-5,8-10H,2-3,6-7H2,1H3,(H,13,15). The molecule has 3 heteroatoms. The third kappa shape index (κ3) is 3.35. The van der Waals surface area contributed by atoms with E-state index in [-0.39, 0.29) is 0 Å². The van der Waals surface area contributed by atoms with Crippen molar-refractivity contribution >= 4 is 11.9 Å². The molecule has 1 aliphatic carbocycles. The first-order chi connectivity index (χ1) is 7.38. The van der Waals surface area contributed by atoms with E-state index in [4.69, 9.17) is 0 Å². The molecular weight excluding hydrogens is 186 g/mol. The molecule has 0 spiro atoms. The molecule has 1 aliphatic rings. The number of anilines is 1. The van der Waals surface area contributed by atoms with Crippen molar-refractivity contribution in [1.82, 2.24) is 10.2 Å². The third-order valence-corrected chi connectivity index (χ3v) is 2.36. The highest BCUT2D eigenvalue weighted by atomic mass is 15.2. The highest BCUT2D eigenvalue weighted by Crippen LogP contribution is 2.23. The van der Waals surface area contributed by atoms with Crippen molar-refractivity contribution in [3.63, 3.8) is 0 Å². The summed E-state index contributed by atoms with van der Waals surface area (Å²) in [5, 5.41) is 11.6. The molecule has 0 aliphatic heterocycles. The first kappa shape index (κ1) is 10.1. The van der Waals surface area contributed by atoms with Gasteiger partial charge in [0.1, 0.15) is 5.82 Å². The Kier molecular flexibility index (Phi) is 3.33. The van der Waals surface area contributed by atoms with Crippen molar-refractivity contribution in [2.75, 3.05) is 5.32 Å². The Morgan fingerprint density at radius 3 is 2.87 bits per heavy atom. The number of nitrogens with zero attached hydrogens (tertiary/aromatic N) is 2. The molecule has 1 N–H and O–H groups in total. The molecule has 0 amide bonds. The Labute approximate surface area is 90.6 Å². The first-order valence-electron chi connectivity index (χ1n) is 5.65. The Morgan fingerprint density at radius 2 is 2.27 bits per heavy atom. The van der Waals surface area contributed by atoms with Gasteiger partial charge in [0.25, 0.3) is 0 Å². The molecule has 1 aromatic heterocycles. The van der Waals surface area contributed by atoms with Crippen LogP contribution in [0.2, 0.25) is 0 Å². The Morgan fingerprint density at radius 1 is 1.40 bits per heavy atom. The van der Waals surface area contributed by atoms with E-state index < -0.39 is 0 Å². The Bertz CT molecular complexity index is 325. The summed E-state index contributed by atoms with van der Waals surface area (Å²) < 4.78 is 0. The lowest BCUT2D eigenvalue weighted by atomic mass is 10.3. The molecule has 0 saturated heterocycles. The normalized spacial score (nSPS) is 15.8. The number of allylic oxidation sites excluding steroid dienone is 1. The minimum atomic E-state index is 0.640. The zero-order valence-corrected chi connectivity index (χ0v) is 9.11. The highest BCUT2D eigenvalue weighted by molar-refractivity contribution is 5.46. The van der Waals surface area contributed by atoms with Gasteiger partial charge in [-0.05, 0) is 37.5 Å². The molecule has 0 bridgehead atoms. The maximum Gasteiger partial charge on any atom is 0.148 e. The lowest BCUT2D eigenvalue weighted by Crippen LogP contribution is -2.03. The number of hydrogen-bond acceptors (Lipinski definition) is 3. The monoisotopic (exact) mass is 203 g/mol. The van der Waals surface area contributed by atoms with Crippen LogP contribution in [0.1, 0.15) is 38.3 Å². The van der Waals surface area contributed by atoms with Crippen LogP contribution in [0.4, 0.5) is 5.82 Å². The van der Waals surface area contributed by atoms with Crippen molar-refractivity contribution in [2.24, 2.45) is 0 Å². The molecular formula is C12H17N3. The zero-order chi connectivity index (χ0) is 10.5. The van der Waals surface area contributed by atoms with Gasteiger partial charge in [-0.1, -0.05) is 19.4 Å². The lowest BCUT2D eigenvalue weighted by molar-refractivity contribution is 0.957. The SMILES string of the molecule is CCCC=Cc1ccc(NC2CC2)nn1. The van der Waals surface area contributed by atoms with E-state index in [1.165, 1.54) is 19.3 Å². The van der Waals surface area contributed by atoms with Crippen LogP contribution in [0.3, 0.4) is 0 Å². The summed E-state index contributed by atoms with van der Waals surface area (Å²) in [4.78, 5) is 0. The predicted molar refractivity (Wildman–Crippen MR) is 62.6 cm³/mol. The Hall–Kier alpha value is -1.38. The van der Waals surface area contributed by atoms with Crippen molar-refractivity contribution in [3.05, 3.63) is 23.9 Å². The molecule has 3 nitrogen and oxygen atoms in total. The van der Waals surface area contributed by atoms with Gasteiger partial charge in [0.05, 0.1) is 5.69 Å². The van der Waals surface area contributed by atoms with Crippen LogP contribution in [0.5, 0.6) is 0 Å². The number of aromatic nitrogens is 2. The van der Waals surface area contributed by atoms with Gasteiger partial charge < -0.3 is 5.32 Å². The molecule has 0 atom stereocenters. The van der Waals surface area contributed by atoms with Gasteiger partial charge >= 0.3 is 0 Å². The van der Waals surface area contributed by atoms with Gasteiger partial charge in [0, 0.05) is 6.04 Å². The number of rotatable bonds is 5. The summed E-state index contributed by atoms with van der Waals surface area (Å²) >= 11 is 0. The molecule has 0 aromatic carbocycles. The van der Waals surface area contributed by atoms with Crippen LogP contribution in [0.25, 0.3) is 6.08 Å². The van der Waals surface area contributed by atoms with Gasteiger partial charge in [-0.2, -0.15) is 0 Å². The van der Waals surface area contributed by atoms with E-state index in [1.807, 2.05) is 18.2 Å². The molecule has 1 saturated carbocycles. The van der Waals surface area contributed by atoms with Crippen LogP contribution in [-0.2, 0) is 0 Å². The van der Waals surface area contributed by atoms with Crippen LogP contribution in [-0.4, -0.2) is 16.2 Å². The van der Waals surface area contributed by atoms with Gasteiger partial charge in [-0.15, -0.1) is 10.2 Å². The van der Waals surface area contributed by atoms with Crippen molar-refractivity contribution in [1.29, 1.82) is 0 Å². The topological polar surface area (TPSA) is 37.8 Å². The third-order valence-electron chi connectivity index (χ3n) is 2.36. The zero-order valence-electron chi connectivity index (χ0n) is 9.11. The smallest absolute Gasteiger partial charge is 0.148 e. The van der Waals surface area contributed by atoms with Gasteiger partial charge in [-0.3, -0.25) is 0 Å². The fraction of sp³-hybridized carbons (Fsp3) is 0.500. The molecule has 1 aromatic rings. The number of unbranched alkanes of at least 4 members (excludes halogenated alkanes) is 1. The maximum absolute atomic E-state index is 4.13. The van der Waals surface area contributed by atoms with E-state index in [9.17, 15) is 0 Å². The molecule has 0 unspecified atom stereocenters. The lowest BCUT2D eigenvalue weighted by Gasteiger charge is -2.01. The van der Waals surface area contributed by atoms with Crippen molar-refractivity contribution < 1.29 is 0 Å². The molecule has 0 radical (unpaired) electrons. The van der Waals surface area contributed by atoms with E-state index in [0.717, 1.165) is 17.9 Å². The molecule has 80 valence electrons. The average Bonchev–Trinajstić information content (AvgIpc) is 3.05. The largest absolute Gasteiger partial charge is 0.366 e. The second-order valence-corrected chi connectivity index (χ2v) is 3.95. The predicted octanol–water partition coefficient (Wildman–Crippen LogP) is 2.86. The number of nitrogens with one attached hydrogen (secondary N) is 1. The van der Waals surface area contributed by atoms with E-state index in [2.05, 4.69) is 28.5 Å². The summed E-state index contributed by atoms with van der Waals surface area (Å²) in [5.41, 5.74) is 0.935. The summed E-state index contributed by atoms with van der Waals surface area (Å²) in [7, 11) is 0.